The summed E-state index contributed by atoms with van der Waals surface area (Å²) in [4.78, 5) is 8.79. The molecule has 3 rings (SSSR count). The first-order chi connectivity index (χ1) is 12.2. The standard InChI is InChI=1S/C20H22N4O/c1-15-6-5-7-16(12-15)13-23-20-21-11-10-19(24-20)22-14-17-8-3-4-9-18(17)25-2/h3-12H,13-14H2,1-2H3,(H2,21,22,23,24). The molecule has 0 bridgehead atoms. The first-order valence-electron chi connectivity index (χ1n) is 8.23. The molecule has 0 amide bonds. The highest BCUT2D eigenvalue weighted by Crippen LogP contribution is 2.18. The molecule has 25 heavy (non-hydrogen) atoms. The number of nitrogens with one attached hydrogen (secondary N) is 2. The topological polar surface area (TPSA) is 59.1 Å². The second kappa shape index (κ2) is 8.15. The summed E-state index contributed by atoms with van der Waals surface area (Å²) < 4.78 is 5.37. The molecule has 1 heterocycles. The number of aromatic nitrogens is 2. The number of hydrogen-bond acceptors (Lipinski definition) is 5. The highest BCUT2D eigenvalue weighted by molar-refractivity contribution is 5.42. The van der Waals surface area contributed by atoms with E-state index in [9.17, 15) is 0 Å². The van der Waals surface area contributed by atoms with Crippen LogP contribution in [-0.2, 0) is 13.1 Å². The van der Waals surface area contributed by atoms with Gasteiger partial charge in [0.2, 0.25) is 5.95 Å². The van der Waals surface area contributed by atoms with E-state index in [1.165, 1.54) is 11.1 Å². The van der Waals surface area contributed by atoms with Crippen LogP contribution < -0.4 is 15.4 Å². The van der Waals surface area contributed by atoms with Crippen molar-refractivity contribution in [1.82, 2.24) is 9.97 Å². The predicted octanol–water partition coefficient (Wildman–Crippen LogP) is 4.02. The lowest BCUT2D eigenvalue weighted by molar-refractivity contribution is 0.410. The lowest BCUT2D eigenvalue weighted by Gasteiger charge is -2.11. The van der Waals surface area contributed by atoms with Gasteiger partial charge in [-0.15, -0.1) is 0 Å². The van der Waals surface area contributed by atoms with Crippen molar-refractivity contribution in [2.75, 3.05) is 17.7 Å². The van der Waals surface area contributed by atoms with Crippen LogP contribution >= 0.6 is 0 Å². The van der Waals surface area contributed by atoms with Crippen LogP contribution in [0.25, 0.3) is 0 Å². The molecule has 5 nitrogen and oxygen atoms in total. The summed E-state index contributed by atoms with van der Waals surface area (Å²) >= 11 is 0. The molecule has 128 valence electrons. The van der Waals surface area contributed by atoms with Crippen molar-refractivity contribution in [1.29, 1.82) is 0 Å². The van der Waals surface area contributed by atoms with Crippen LogP contribution in [0.5, 0.6) is 5.75 Å². The fourth-order valence-corrected chi connectivity index (χ4v) is 2.58. The Bertz CT molecular complexity index is 835. The second-order valence-corrected chi connectivity index (χ2v) is 5.77. The summed E-state index contributed by atoms with van der Waals surface area (Å²) in [6, 6.07) is 18.2. The maximum Gasteiger partial charge on any atom is 0.224 e. The molecule has 5 heteroatoms. The van der Waals surface area contributed by atoms with Gasteiger partial charge >= 0.3 is 0 Å². The molecule has 0 aliphatic heterocycles. The molecule has 1 aromatic heterocycles. The van der Waals surface area contributed by atoms with Gasteiger partial charge < -0.3 is 15.4 Å². The van der Waals surface area contributed by atoms with Crippen molar-refractivity contribution in [3.8, 4) is 5.75 Å². The molecule has 0 aliphatic rings. The van der Waals surface area contributed by atoms with Crippen LogP contribution in [-0.4, -0.2) is 17.1 Å². The molecule has 0 fully saturated rings. The van der Waals surface area contributed by atoms with E-state index in [4.69, 9.17) is 4.74 Å². The summed E-state index contributed by atoms with van der Waals surface area (Å²) in [5.74, 6) is 2.24. The minimum Gasteiger partial charge on any atom is -0.496 e. The highest BCUT2D eigenvalue weighted by atomic mass is 16.5. The van der Waals surface area contributed by atoms with Gasteiger partial charge in [0.15, 0.2) is 0 Å². The quantitative estimate of drug-likeness (QED) is 0.683. The lowest BCUT2D eigenvalue weighted by atomic mass is 10.1. The van der Waals surface area contributed by atoms with Gasteiger partial charge in [-0.05, 0) is 24.6 Å². The van der Waals surface area contributed by atoms with Crippen molar-refractivity contribution in [2.24, 2.45) is 0 Å². The minimum absolute atomic E-state index is 0.603. The van der Waals surface area contributed by atoms with Crippen LogP contribution in [0, 0.1) is 6.92 Å². The third-order valence-corrected chi connectivity index (χ3v) is 3.84. The average molecular weight is 334 g/mol. The molecule has 0 aliphatic carbocycles. The van der Waals surface area contributed by atoms with Crippen LogP contribution in [0.15, 0.2) is 60.8 Å². The summed E-state index contributed by atoms with van der Waals surface area (Å²) in [7, 11) is 1.68. The van der Waals surface area contributed by atoms with Crippen LogP contribution in [0.3, 0.4) is 0 Å². The predicted molar refractivity (Wildman–Crippen MR) is 101 cm³/mol. The molecule has 0 saturated carbocycles. The van der Waals surface area contributed by atoms with Crippen molar-refractivity contribution in [3.63, 3.8) is 0 Å². The van der Waals surface area contributed by atoms with E-state index >= 15 is 0 Å². The van der Waals surface area contributed by atoms with E-state index in [0.29, 0.717) is 19.0 Å². The van der Waals surface area contributed by atoms with Crippen molar-refractivity contribution >= 4 is 11.8 Å². The molecule has 2 N–H and O–H groups in total. The third-order valence-electron chi connectivity index (χ3n) is 3.84. The van der Waals surface area contributed by atoms with Gasteiger partial charge in [-0.25, -0.2) is 4.98 Å². The number of methoxy groups -OCH3 is 1. The summed E-state index contributed by atoms with van der Waals surface area (Å²) in [6.45, 7) is 3.42. The molecule has 0 unspecified atom stereocenters. The molecule has 2 aromatic carbocycles. The minimum atomic E-state index is 0.603. The van der Waals surface area contributed by atoms with Gasteiger partial charge in [0, 0.05) is 24.8 Å². The Labute approximate surface area is 148 Å². The van der Waals surface area contributed by atoms with Gasteiger partial charge in [-0.1, -0.05) is 48.0 Å². The van der Waals surface area contributed by atoms with Crippen LogP contribution in [0.4, 0.5) is 11.8 Å². The van der Waals surface area contributed by atoms with Gasteiger partial charge in [-0.3, -0.25) is 0 Å². The lowest BCUT2D eigenvalue weighted by Crippen LogP contribution is -2.07. The molecule has 0 saturated heterocycles. The fraction of sp³-hybridized carbons (Fsp3) is 0.200. The molecule has 0 atom stereocenters. The van der Waals surface area contributed by atoms with Crippen molar-refractivity contribution in [3.05, 3.63) is 77.5 Å². The van der Waals surface area contributed by atoms with Crippen LogP contribution in [0.2, 0.25) is 0 Å². The number of hydrogen-bond donors (Lipinski definition) is 2. The Morgan fingerprint density at radius 3 is 2.68 bits per heavy atom. The average Bonchev–Trinajstić information content (AvgIpc) is 2.65. The molecular formula is C20H22N4O. The van der Waals surface area contributed by atoms with E-state index in [2.05, 4.69) is 51.8 Å². The number of nitrogens with zero attached hydrogens (tertiary/aromatic N) is 2. The SMILES string of the molecule is COc1ccccc1CNc1ccnc(NCc2cccc(C)c2)n1. The Morgan fingerprint density at radius 2 is 1.84 bits per heavy atom. The van der Waals surface area contributed by atoms with E-state index in [1.807, 2.05) is 30.3 Å². The van der Waals surface area contributed by atoms with Gasteiger partial charge in [0.25, 0.3) is 0 Å². The number of anilines is 2. The summed E-state index contributed by atoms with van der Waals surface area (Å²) in [6.07, 6.45) is 1.75. The zero-order valence-corrected chi connectivity index (χ0v) is 14.5. The summed E-state index contributed by atoms with van der Waals surface area (Å²) in [5.41, 5.74) is 3.53. The van der Waals surface area contributed by atoms with E-state index in [0.717, 1.165) is 17.1 Å². The first-order valence-corrected chi connectivity index (χ1v) is 8.23. The Balaban J connectivity index is 1.61. The monoisotopic (exact) mass is 334 g/mol. The van der Waals surface area contributed by atoms with Crippen molar-refractivity contribution in [2.45, 2.75) is 20.0 Å². The molecule has 0 spiro atoms. The molecular weight excluding hydrogens is 312 g/mol. The number of ether oxygens (including phenoxy) is 1. The maximum atomic E-state index is 5.37. The Kier molecular flexibility index (Phi) is 5.46. The van der Waals surface area contributed by atoms with Gasteiger partial charge in [0.1, 0.15) is 11.6 Å². The Hall–Kier alpha value is -3.08. The summed E-state index contributed by atoms with van der Waals surface area (Å²) in [5, 5.41) is 6.57. The molecule has 0 radical (unpaired) electrons. The first kappa shape index (κ1) is 16.8. The normalized spacial score (nSPS) is 10.3. The van der Waals surface area contributed by atoms with Gasteiger partial charge in [-0.2, -0.15) is 4.98 Å². The van der Waals surface area contributed by atoms with E-state index in [1.54, 1.807) is 13.3 Å². The van der Waals surface area contributed by atoms with E-state index in [-0.39, 0.29) is 0 Å². The van der Waals surface area contributed by atoms with E-state index < -0.39 is 0 Å². The zero-order valence-electron chi connectivity index (χ0n) is 14.5. The number of para-hydroxylation sites is 1. The Morgan fingerprint density at radius 1 is 0.960 bits per heavy atom. The van der Waals surface area contributed by atoms with Crippen molar-refractivity contribution < 1.29 is 4.74 Å². The number of benzene rings is 2. The highest BCUT2D eigenvalue weighted by Gasteiger charge is 2.03. The van der Waals surface area contributed by atoms with Gasteiger partial charge in [0.05, 0.1) is 7.11 Å². The fourth-order valence-electron chi connectivity index (χ4n) is 2.58. The third kappa shape index (κ3) is 4.70. The smallest absolute Gasteiger partial charge is 0.224 e. The number of aryl methyl sites for hydroxylation is 1. The number of rotatable bonds is 7. The largest absolute Gasteiger partial charge is 0.496 e. The molecule has 3 aromatic rings. The zero-order chi connectivity index (χ0) is 17.5. The maximum absolute atomic E-state index is 5.37. The van der Waals surface area contributed by atoms with Crippen LogP contribution in [0.1, 0.15) is 16.7 Å². The second-order valence-electron chi connectivity index (χ2n) is 5.77.